The Bertz CT molecular complexity index is 568. The van der Waals surface area contributed by atoms with Crippen LogP contribution in [0.5, 0.6) is 0 Å². The lowest BCUT2D eigenvalue weighted by Crippen LogP contribution is -2.24. The second kappa shape index (κ2) is 7.67. The van der Waals surface area contributed by atoms with E-state index in [-0.39, 0.29) is 6.04 Å². The van der Waals surface area contributed by atoms with Crippen molar-refractivity contribution < 1.29 is 0 Å². The molecule has 0 aliphatic heterocycles. The minimum atomic E-state index is 0.175. The zero-order chi connectivity index (χ0) is 14.5. The molecule has 1 aromatic heterocycles. The van der Waals surface area contributed by atoms with Gasteiger partial charge in [0, 0.05) is 27.4 Å². The van der Waals surface area contributed by atoms with Crippen LogP contribution in [0.25, 0.3) is 0 Å². The van der Waals surface area contributed by atoms with Gasteiger partial charge in [-0.05, 0) is 42.8 Å². The number of hydrogen-bond acceptors (Lipinski definition) is 2. The highest BCUT2D eigenvalue weighted by Gasteiger charge is 2.16. The summed E-state index contributed by atoms with van der Waals surface area (Å²) in [5.41, 5.74) is 1.08. The molecule has 0 saturated heterocycles. The van der Waals surface area contributed by atoms with E-state index >= 15 is 0 Å². The Kier molecular flexibility index (Phi) is 6.19. The quantitative estimate of drug-likeness (QED) is 0.676. The molecule has 1 unspecified atom stereocenters. The van der Waals surface area contributed by atoms with E-state index in [0.29, 0.717) is 10.0 Å². The predicted molar refractivity (Wildman–Crippen MR) is 90.5 cm³/mol. The van der Waals surface area contributed by atoms with Gasteiger partial charge in [-0.1, -0.05) is 47.8 Å². The first kappa shape index (κ1) is 16.1. The smallest absolute Gasteiger partial charge is 0.0931 e. The first-order valence-corrected chi connectivity index (χ1v) is 8.47. The molecule has 1 N–H and O–H groups in total. The maximum atomic E-state index is 6.33. The van der Waals surface area contributed by atoms with Crippen LogP contribution in [0.2, 0.25) is 14.4 Å². The summed E-state index contributed by atoms with van der Waals surface area (Å²) >= 11 is 19.9. The van der Waals surface area contributed by atoms with E-state index in [4.69, 9.17) is 34.8 Å². The van der Waals surface area contributed by atoms with Gasteiger partial charge in [0.2, 0.25) is 0 Å². The molecular weight excluding hydrogens is 333 g/mol. The number of nitrogens with one attached hydrogen (secondary N) is 1. The molecule has 0 spiro atoms. The van der Waals surface area contributed by atoms with E-state index in [1.54, 1.807) is 17.4 Å². The van der Waals surface area contributed by atoms with Crippen molar-refractivity contribution in [2.24, 2.45) is 0 Å². The van der Waals surface area contributed by atoms with Crippen LogP contribution < -0.4 is 5.32 Å². The molecule has 2 rings (SSSR count). The summed E-state index contributed by atoms with van der Waals surface area (Å²) in [7, 11) is 0. The first-order valence-electron chi connectivity index (χ1n) is 6.52. The van der Waals surface area contributed by atoms with Gasteiger partial charge < -0.3 is 5.32 Å². The Morgan fingerprint density at radius 2 is 1.95 bits per heavy atom. The van der Waals surface area contributed by atoms with Crippen molar-refractivity contribution in [3.05, 3.63) is 55.2 Å². The molecule has 1 aromatic carbocycles. The summed E-state index contributed by atoms with van der Waals surface area (Å²) < 4.78 is 0.816. The van der Waals surface area contributed by atoms with Crippen molar-refractivity contribution in [2.45, 2.75) is 25.8 Å². The average molecular weight is 349 g/mol. The highest BCUT2D eigenvalue weighted by Crippen LogP contribution is 2.31. The van der Waals surface area contributed by atoms with E-state index in [1.807, 2.05) is 18.2 Å². The minimum absolute atomic E-state index is 0.175. The van der Waals surface area contributed by atoms with Gasteiger partial charge in [0.15, 0.2) is 0 Å². The number of benzene rings is 1. The van der Waals surface area contributed by atoms with Crippen molar-refractivity contribution in [3.63, 3.8) is 0 Å². The van der Waals surface area contributed by atoms with Crippen LogP contribution in [0, 0.1) is 0 Å². The highest BCUT2D eigenvalue weighted by molar-refractivity contribution is 7.16. The van der Waals surface area contributed by atoms with Crippen LogP contribution in [0.4, 0.5) is 0 Å². The third kappa shape index (κ3) is 4.37. The molecule has 5 heteroatoms. The molecule has 1 nitrogen and oxygen atoms in total. The molecular formula is C15H16Cl3NS. The summed E-state index contributed by atoms with van der Waals surface area (Å²) in [6.07, 6.45) is 1.95. The number of hydrogen-bond donors (Lipinski definition) is 1. The van der Waals surface area contributed by atoms with Crippen molar-refractivity contribution in [3.8, 4) is 0 Å². The molecule has 0 aliphatic carbocycles. The maximum absolute atomic E-state index is 6.33. The van der Waals surface area contributed by atoms with Crippen LogP contribution in [-0.2, 0) is 6.42 Å². The normalized spacial score (nSPS) is 12.6. The van der Waals surface area contributed by atoms with E-state index in [2.05, 4.69) is 18.3 Å². The molecule has 0 radical (unpaired) electrons. The second-order valence-corrected chi connectivity index (χ2v) is 7.23. The van der Waals surface area contributed by atoms with E-state index < -0.39 is 0 Å². The van der Waals surface area contributed by atoms with Crippen molar-refractivity contribution in [1.82, 2.24) is 5.32 Å². The zero-order valence-electron chi connectivity index (χ0n) is 11.1. The molecule has 1 atom stereocenters. The van der Waals surface area contributed by atoms with Gasteiger partial charge in [0.25, 0.3) is 0 Å². The fourth-order valence-electron chi connectivity index (χ4n) is 2.06. The minimum Gasteiger partial charge on any atom is -0.310 e. The van der Waals surface area contributed by atoms with Gasteiger partial charge in [0.05, 0.1) is 4.34 Å². The van der Waals surface area contributed by atoms with Crippen molar-refractivity contribution in [2.75, 3.05) is 6.54 Å². The Balaban J connectivity index is 2.22. The molecule has 0 amide bonds. The van der Waals surface area contributed by atoms with Crippen LogP contribution in [-0.4, -0.2) is 6.54 Å². The second-order valence-electron chi connectivity index (χ2n) is 4.58. The zero-order valence-corrected chi connectivity index (χ0v) is 14.2. The molecule has 0 saturated carbocycles. The third-order valence-corrected chi connectivity index (χ3v) is 4.83. The summed E-state index contributed by atoms with van der Waals surface area (Å²) in [4.78, 5) is 1.25. The van der Waals surface area contributed by atoms with Crippen LogP contribution in [0.1, 0.15) is 29.8 Å². The Morgan fingerprint density at radius 3 is 2.55 bits per heavy atom. The molecule has 108 valence electrons. The lowest BCUT2D eigenvalue weighted by molar-refractivity contribution is 0.532. The topological polar surface area (TPSA) is 12.0 Å². The fraction of sp³-hybridized carbons (Fsp3) is 0.333. The highest BCUT2D eigenvalue weighted by atomic mass is 35.5. The summed E-state index contributed by atoms with van der Waals surface area (Å²) in [6.45, 7) is 3.10. The summed E-state index contributed by atoms with van der Waals surface area (Å²) in [5, 5.41) is 4.90. The molecule has 2 aromatic rings. The summed E-state index contributed by atoms with van der Waals surface area (Å²) in [5.74, 6) is 0. The molecule has 1 heterocycles. The van der Waals surface area contributed by atoms with Gasteiger partial charge >= 0.3 is 0 Å². The van der Waals surface area contributed by atoms with Gasteiger partial charge in [-0.15, -0.1) is 11.3 Å². The first-order chi connectivity index (χ1) is 9.60. The fourth-order valence-corrected chi connectivity index (χ4v) is 3.73. The van der Waals surface area contributed by atoms with Gasteiger partial charge in [-0.2, -0.15) is 0 Å². The van der Waals surface area contributed by atoms with Crippen LogP contribution in [0.3, 0.4) is 0 Å². The van der Waals surface area contributed by atoms with E-state index in [1.165, 1.54) is 4.88 Å². The Labute approximate surface area is 138 Å². The standard InChI is InChI=1S/C15H16Cl3NS/c1-2-7-19-14(9-11-4-6-15(18)20-11)12-5-3-10(16)8-13(12)17/h3-6,8,14,19H,2,7,9H2,1H3. The lowest BCUT2D eigenvalue weighted by Gasteiger charge is -2.19. The SMILES string of the molecule is CCCNC(Cc1ccc(Cl)s1)c1ccc(Cl)cc1Cl. The third-order valence-electron chi connectivity index (χ3n) is 3.01. The van der Waals surface area contributed by atoms with Crippen LogP contribution >= 0.6 is 46.1 Å². The number of halogens is 3. The predicted octanol–water partition coefficient (Wildman–Crippen LogP) is 5.99. The van der Waals surface area contributed by atoms with Crippen molar-refractivity contribution >= 4 is 46.1 Å². The number of rotatable bonds is 6. The molecule has 20 heavy (non-hydrogen) atoms. The van der Waals surface area contributed by atoms with Gasteiger partial charge in [-0.3, -0.25) is 0 Å². The molecule has 0 fully saturated rings. The summed E-state index contributed by atoms with van der Waals surface area (Å²) in [6, 6.07) is 9.84. The molecule has 0 aliphatic rings. The largest absolute Gasteiger partial charge is 0.310 e. The van der Waals surface area contributed by atoms with Crippen molar-refractivity contribution in [1.29, 1.82) is 0 Å². The van der Waals surface area contributed by atoms with Crippen LogP contribution in [0.15, 0.2) is 30.3 Å². The Hall–Kier alpha value is -0.250. The monoisotopic (exact) mass is 347 g/mol. The Morgan fingerprint density at radius 1 is 1.15 bits per heavy atom. The number of thiophene rings is 1. The van der Waals surface area contributed by atoms with E-state index in [9.17, 15) is 0 Å². The van der Waals surface area contributed by atoms with Gasteiger partial charge in [0.1, 0.15) is 0 Å². The van der Waals surface area contributed by atoms with E-state index in [0.717, 1.165) is 29.3 Å². The average Bonchev–Trinajstić information content (AvgIpc) is 2.80. The molecule has 0 bridgehead atoms. The lowest BCUT2D eigenvalue weighted by atomic mass is 10.0. The maximum Gasteiger partial charge on any atom is 0.0931 e. The van der Waals surface area contributed by atoms with Gasteiger partial charge in [-0.25, -0.2) is 0 Å².